The summed E-state index contributed by atoms with van der Waals surface area (Å²) in [5.74, 6) is 0. The summed E-state index contributed by atoms with van der Waals surface area (Å²) in [5.41, 5.74) is 10.2. The van der Waals surface area contributed by atoms with Crippen LogP contribution in [0.25, 0.3) is 0 Å². The molecule has 0 radical (unpaired) electrons. The summed E-state index contributed by atoms with van der Waals surface area (Å²) in [5, 5.41) is 23.6. The molecule has 0 heterocycles. The average Bonchev–Trinajstić information content (AvgIpc) is 2.20. The van der Waals surface area contributed by atoms with Crippen LogP contribution in [0.4, 0.5) is 0 Å². The first-order chi connectivity index (χ1) is 7.87. The van der Waals surface area contributed by atoms with Gasteiger partial charge in [-0.2, -0.15) is 0 Å². The molecule has 0 aliphatic heterocycles. The van der Waals surface area contributed by atoms with E-state index in [-0.39, 0.29) is 25.4 Å². The quantitative estimate of drug-likeness (QED) is 0.462. The minimum absolute atomic E-state index is 0.162. The molecule has 0 rings (SSSR count). The SMILES string of the molecule is C=CCC(C)O.CC(N)CN.CCO.CCO. The van der Waals surface area contributed by atoms with E-state index >= 15 is 0 Å². The zero-order valence-electron chi connectivity index (χ0n) is 11.8. The first-order valence-corrected chi connectivity index (χ1v) is 5.83. The maximum Gasteiger partial charge on any atom is 0.0546 e. The highest BCUT2D eigenvalue weighted by molar-refractivity contribution is 4.68. The highest BCUT2D eigenvalue weighted by atomic mass is 16.3. The van der Waals surface area contributed by atoms with Crippen molar-refractivity contribution in [2.24, 2.45) is 11.5 Å². The van der Waals surface area contributed by atoms with Crippen LogP contribution in [0, 0.1) is 0 Å². The summed E-state index contributed by atoms with van der Waals surface area (Å²) in [7, 11) is 0. The van der Waals surface area contributed by atoms with Gasteiger partial charge in [0.1, 0.15) is 0 Å². The molecule has 2 unspecified atom stereocenters. The van der Waals surface area contributed by atoms with Crippen LogP contribution in [0.15, 0.2) is 12.7 Å². The minimum atomic E-state index is -0.220. The number of hydrogen-bond donors (Lipinski definition) is 5. The molecule has 0 spiro atoms. The van der Waals surface area contributed by atoms with Gasteiger partial charge in [0, 0.05) is 25.8 Å². The Bertz CT molecular complexity index is 108. The summed E-state index contributed by atoms with van der Waals surface area (Å²) >= 11 is 0. The molecule has 0 aliphatic carbocycles. The van der Waals surface area contributed by atoms with E-state index in [1.54, 1.807) is 26.8 Å². The van der Waals surface area contributed by atoms with Gasteiger partial charge in [0.25, 0.3) is 0 Å². The lowest BCUT2D eigenvalue weighted by Gasteiger charge is -1.92. The van der Waals surface area contributed by atoms with E-state index in [9.17, 15) is 0 Å². The van der Waals surface area contributed by atoms with Gasteiger partial charge >= 0.3 is 0 Å². The van der Waals surface area contributed by atoms with Crippen LogP contribution in [0.5, 0.6) is 0 Å². The van der Waals surface area contributed by atoms with Crippen molar-refractivity contribution in [1.82, 2.24) is 0 Å². The third-order valence-corrected chi connectivity index (χ3v) is 0.880. The zero-order chi connectivity index (χ0) is 14.7. The Labute approximate surface area is 106 Å². The molecule has 0 saturated heterocycles. The summed E-state index contributed by atoms with van der Waals surface area (Å²) < 4.78 is 0. The van der Waals surface area contributed by atoms with E-state index in [2.05, 4.69) is 6.58 Å². The first-order valence-electron chi connectivity index (χ1n) is 5.83. The van der Waals surface area contributed by atoms with E-state index in [1.165, 1.54) is 0 Å². The fourth-order valence-electron chi connectivity index (χ4n) is 0.241. The van der Waals surface area contributed by atoms with Crippen LogP contribution in [0.2, 0.25) is 0 Å². The fourth-order valence-corrected chi connectivity index (χ4v) is 0.241. The second kappa shape index (κ2) is 29.6. The lowest BCUT2D eigenvalue weighted by molar-refractivity contribution is 0.198. The summed E-state index contributed by atoms with van der Waals surface area (Å²) in [6.07, 6.45) is 2.17. The molecular formula is C12H32N2O3. The molecule has 108 valence electrons. The molecule has 0 aromatic carbocycles. The molecular weight excluding hydrogens is 220 g/mol. The second-order valence-electron chi connectivity index (χ2n) is 3.22. The van der Waals surface area contributed by atoms with Gasteiger partial charge in [0.2, 0.25) is 0 Å². The van der Waals surface area contributed by atoms with Gasteiger partial charge in [-0.05, 0) is 34.1 Å². The molecule has 0 fully saturated rings. The molecule has 2 atom stereocenters. The molecule has 0 aromatic rings. The number of aliphatic hydroxyl groups excluding tert-OH is 3. The van der Waals surface area contributed by atoms with Gasteiger partial charge in [-0.3, -0.25) is 0 Å². The Hall–Kier alpha value is -0.460. The molecule has 0 aliphatic rings. The van der Waals surface area contributed by atoms with Crippen LogP contribution in [-0.2, 0) is 0 Å². The van der Waals surface area contributed by atoms with Crippen molar-refractivity contribution in [1.29, 1.82) is 0 Å². The summed E-state index contributed by atoms with van der Waals surface area (Å²) in [6.45, 7) is 11.5. The Balaban J connectivity index is -0.0000000698. The predicted octanol–water partition coefficient (Wildman–Crippen LogP) is 0.233. The number of rotatable bonds is 3. The highest BCUT2D eigenvalue weighted by Gasteiger charge is 1.84. The Kier molecular flexibility index (Phi) is 44.2. The van der Waals surface area contributed by atoms with Crippen LogP contribution in [-0.4, -0.2) is 47.2 Å². The number of nitrogens with two attached hydrogens (primary N) is 2. The van der Waals surface area contributed by atoms with Crippen molar-refractivity contribution in [3.05, 3.63) is 12.7 Å². The van der Waals surface area contributed by atoms with E-state index < -0.39 is 0 Å². The van der Waals surface area contributed by atoms with Gasteiger partial charge in [0.05, 0.1) is 6.10 Å². The van der Waals surface area contributed by atoms with Crippen LogP contribution in [0.3, 0.4) is 0 Å². The van der Waals surface area contributed by atoms with Crippen molar-refractivity contribution in [2.45, 2.75) is 46.3 Å². The largest absolute Gasteiger partial charge is 0.397 e. The maximum atomic E-state index is 8.48. The molecule has 0 aromatic heterocycles. The molecule has 5 nitrogen and oxygen atoms in total. The minimum Gasteiger partial charge on any atom is -0.397 e. The fraction of sp³-hybridized carbons (Fsp3) is 0.833. The molecule has 0 bridgehead atoms. The number of hydrogen-bond acceptors (Lipinski definition) is 5. The summed E-state index contributed by atoms with van der Waals surface area (Å²) in [6, 6.07) is 0.162. The normalized spacial score (nSPS) is 11.4. The Morgan fingerprint density at radius 2 is 1.41 bits per heavy atom. The Morgan fingerprint density at radius 3 is 1.41 bits per heavy atom. The van der Waals surface area contributed by atoms with Crippen LogP contribution in [0.1, 0.15) is 34.1 Å². The van der Waals surface area contributed by atoms with Crippen LogP contribution < -0.4 is 11.5 Å². The van der Waals surface area contributed by atoms with E-state index in [4.69, 9.17) is 26.8 Å². The van der Waals surface area contributed by atoms with Crippen LogP contribution >= 0.6 is 0 Å². The molecule has 5 heteroatoms. The van der Waals surface area contributed by atoms with Crippen molar-refractivity contribution in [2.75, 3.05) is 19.8 Å². The van der Waals surface area contributed by atoms with E-state index in [0.717, 1.165) is 0 Å². The topological polar surface area (TPSA) is 113 Å². The third-order valence-electron chi connectivity index (χ3n) is 0.880. The lowest BCUT2D eigenvalue weighted by Crippen LogP contribution is -2.25. The highest BCUT2D eigenvalue weighted by Crippen LogP contribution is 1.85. The molecule has 17 heavy (non-hydrogen) atoms. The lowest BCUT2D eigenvalue weighted by atomic mass is 10.3. The van der Waals surface area contributed by atoms with Gasteiger partial charge in [-0.1, -0.05) is 6.08 Å². The second-order valence-corrected chi connectivity index (χ2v) is 3.22. The average molecular weight is 252 g/mol. The smallest absolute Gasteiger partial charge is 0.0546 e. The van der Waals surface area contributed by atoms with Gasteiger partial charge < -0.3 is 26.8 Å². The monoisotopic (exact) mass is 252 g/mol. The zero-order valence-corrected chi connectivity index (χ0v) is 11.8. The van der Waals surface area contributed by atoms with Gasteiger partial charge in [-0.25, -0.2) is 0 Å². The van der Waals surface area contributed by atoms with Crippen molar-refractivity contribution < 1.29 is 15.3 Å². The summed E-state index contributed by atoms with van der Waals surface area (Å²) in [4.78, 5) is 0. The van der Waals surface area contributed by atoms with E-state index in [0.29, 0.717) is 13.0 Å². The Morgan fingerprint density at radius 1 is 1.18 bits per heavy atom. The van der Waals surface area contributed by atoms with E-state index in [1.807, 2.05) is 6.92 Å². The number of aliphatic hydroxyl groups is 3. The van der Waals surface area contributed by atoms with Gasteiger partial charge in [0.15, 0.2) is 0 Å². The maximum absolute atomic E-state index is 8.48. The van der Waals surface area contributed by atoms with Crippen molar-refractivity contribution >= 4 is 0 Å². The standard InChI is InChI=1S/C5H10O.C3H10N2.2C2H6O/c1-3-4-5(2)6;1-3(5)2-4;2*1-2-3/h3,5-6H,1,4H2,2H3;3H,2,4-5H2,1H3;2*3H,2H2,1H3. The van der Waals surface area contributed by atoms with Crippen molar-refractivity contribution in [3.8, 4) is 0 Å². The van der Waals surface area contributed by atoms with Gasteiger partial charge in [-0.15, -0.1) is 6.58 Å². The molecule has 0 amide bonds. The molecule has 7 N–H and O–H groups in total. The van der Waals surface area contributed by atoms with Crippen molar-refractivity contribution in [3.63, 3.8) is 0 Å². The molecule has 0 saturated carbocycles. The third kappa shape index (κ3) is 138. The predicted molar refractivity (Wildman–Crippen MR) is 74.7 cm³/mol. The first kappa shape index (κ1) is 25.4.